The number of carbonyl (C=O) groups excluding carboxylic acids is 1. The lowest BCUT2D eigenvalue weighted by molar-refractivity contribution is -0.314. The van der Waals surface area contributed by atoms with Crippen molar-refractivity contribution >= 4 is 5.97 Å². The lowest BCUT2D eigenvalue weighted by atomic mass is 9.51. The predicted molar refractivity (Wildman–Crippen MR) is 195 cm³/mol. The van der Waals surface area contributed by atoms with E-state index in [1.54, 1.807) is 0 Å². The summed E-state index contributed by atoms with van der Waals surface area (Å²) in [7, 11) is 0. The minimum absolute atomic E-state index is 0.0555. The summed E-state index contributed by atoms with van der Waals surface area (Å²) in [4.78, 5) is 14.4. The number of aliphatic hydroxyl groups excluding tert-OH is 8. The van der Waals surface area contributed by atoms with Crippen molar-refractivity contribution in [2.45, 2.75) is 172 Å². The zero-order chi connectivity index (χ0) is 39.8. The van der Waals surface area contributed by atoms with E-state index in [9.17, 15) is 45.6 Å². The van der Waals surface area contributed by atoms with Crippen LogP contribution in [-0.2, 0) is 28.5 Å². The molecule has 14 heteroatoms. The third-order valence-electron chi connectivity index (χ3n) is 15.4. The fraction of sp³-hybridized carbons (Fsp3) is 0.878. The summed E-state index contributed by atoms with van der Waals surface area (Å²) in [6.45, 7) is 9.80. The lowest BCUT2D eigenvalue weighted by Crippen LogP contribution is -2.60. The van der Waals surface area contributed by atoms with Crippen molar-refractivity contribution in [1.82, 2.24) is 0 Å². The Morgan fingerprint density at radius 2 is 1.49 bits per heavy atom. The average Bonchev–Trinajstić information content (AvgIpc) is 3.70. The van der Waals surface area contributed by atoms with Crippen LogP contribution < -0.4 is 0 Å². The molecule has 0 radical (unpaired) electrons. The highest BCUT2D eigenvalue weighted by Gasteiger charge is 2.60. The van der Waals surface area contributed by atoms with Crippen LogP contribution in [0.1, 0.15) is 92.4 Å². The molecule has 14 nitrogen and oxygen atoms in total. The second kappa shape index (κ2) is 15.6. The number of hydrogen-bond acceptors (Lipinski definition) is 14. The largest absolute Gasteiger partial charge is 0.432 e. The Hall–Kier alpha value is -1.53. The Bertz CT molecular complexity index is 1470. The third kappa shape index (κ3) is 7.07. The number of epoxide rings is 1. The van der Waals surface area contributed by atoms with Crippen molar-refractivity contribution in [3.63, 3.8) is 0 Å². The highest BCUT2D eigenvalue weighted by Crippen LogP contribution is 2.65. The molecule has 2 saturated carbocycles. The van der Waals surface area contributed by atoms with Crippen LogP contribution in [0.15, 0.2) is 23.3 Å². The highest BCUT2D eigenvalue weighted by molar-refractivity contribution is 5.73. The molecule has 0 aromatic heterocycles. The van der Waals surface area contributed by atoms with Crippen LogP contribution in [-0.4, -0.2) is 139 Å². The maximum Gasteiger partial charge on any atom is 0.311 e. The van der Waals surface area contributed by atoms with Gasteiger partial charge in [0.25, 0.3) is 0 Å². The molecule has 312 valence electrons. The predicted octanol–water partition coefficient (Wildman–Crippen LogP) is 1.22. The van der Waals surface area contributed by atoms with Gasteiger partial charge in [0.05, 0.1) is 36.9 Å². The first-order valence-electron chi connectivity index (χ1n) is 20.6. The quantitative estimate of drug-likeness (QED) is 0.109. The number of rotatable bonds is 11. The molecule has 5 fully saturated rings. The number of hydrogen-bond donors (Lipinski definition) is 8. The molecule has 4 aliphatic carbocycles. The topological polar surface area (TPSA) is 228 Å². The van der Waals surface area contributed by atoms with Gasteiger partial charge in [-0.15, -0.1) is 0 Å². The number of fused-ring (bicyclic) bond motifs is 5. The van der Waals surface area contributed by atoms with Crippen molar-refractivity contribution in [2.75, 3.05) is 13.2 Å². The minimum atomic E-state index is -1.68. The van der Waals surface area contributed by atoms with Gasteiger partial charge in [-0.3, -0.25) is 4.79 Å². The van der Waals surface area contributed by atoms with Crippen LogP contribution in [0.2, 0.25) is 0 Å². The van der Waals surface area contributed by atoms with Crippen LogP contribution in [0.3, 0.4) is 0 Å². The summed E-state index contributed by atoms with van der Waals surface area (Å²) >= 11 is 0. The Labute approximate surface area is 323 Å². The van der Waals surface area contributed by atoms with E-state index in [1.165, 1.54) is 11.1 Å². The SMILES string of the molecule is CC(C)[C@]1(CC[C@@H](C(=O)O[C@@H]2O[C@H](CO)[C@@H](O)[C@H](O)[C@H]2O)[C@H]2CC[C@H]3C4=CC[C@H]5C[C@@H](O[C@@H]6O[C@H](CO)[C@@H](O)[C@H](O)[C@H]6O)CC[C@]5(C)C4=CC[C@]23C)O[C@@H]1C. The smallest absolute Gasteiger partial charge is 0.311 e. The summed E-state index contributed by atoms with van der Waals surface area (Å²) in [5.41, 5.74) is 2.01. The fourth-order valence-corrected chi connectivity index (χ4v) is 11.7. The standard InChI is InChI=1S/C41H64O14/c1-19(2)41(20(3)55-41)15-11-24(36(50)54-38-35(49)33(47)31(45)29(18-43)53-38)26-9-8-25-23-7-6-21-16-22(10-13-39(21,4)27(23)12-14-40(25,26)5)51-37-34(48)32(46)30(44)28(17-42)52-37/h7,12,19-22,24-26,28-35,37-38,42-49H,6,8-11,13-18H2,1-5H3/t20-,21+,22+,24-,25+,26-,28-,29-,30-,31-,32+,33+,34-,35-,37-,38+,39+,40+,41+/m1/s1. The fourth-order valence-electron chi connectivity index (χ4n) is 11.7. The van der Waals surface area contributed by atoms with Crippen molar-refractivity contribution < 1.29 is 69.3 Å². The van der Waals surface area contributed by atoms with Gasteiger partial charge in [-0.25, -0.2) is 0 Å². The van der Waals surface area contributed by atoms with Gasteiger partial charge in [0.2, 0.25) is 6.29 Å². The Morgan fingerprint density at radius 1 is 0.873 bits per heavy atom. The van der Waals surface area contributed by atoms with Gasteiger partial charge in [-0.05, 0) is 110 Å². The van der Waals surface area contributed by atoms with Crippen molar-refractivity contribution in [3.05, 3.63) is 23.3 Å². The summed E-state index contributed by atoms with van der Waals surface area (Å²) in [6.07, 6.45) is -2.81. The average molecular weight is 781 g/mol. The normalized spacial score (nSPS) is 50.0. The number of carbonyl (C=O) groups is 1. The molecule has 0 amide bonds. The van der Waals surface area contributed by atoms with E-state index in [2.05, 4.69) is 46.8 Å². The summed E-state index contributed by atoms with van der Waals surface area (Å²) in [6, 6.07) is 0. The second-order valence-corrected chi connectivity index (χ2v) is 18.5. The summed E-state index contributed by atoms with van der Waals surface area (Å²) < 4.78 is 29.5. The Morgan fingerprint density at radius 3 is 2.09 bits per heavy atom. The Balaban J connectivity index is 1.08. The van der Waals surface area contributed by atoms with E-state index in [1.807, 2.05) is 0 Å². The van der Waals surface area contributed by atoms with Gasteiger partial charge in [0, 0.05) is 0 Å². The van der Waals surface area contributed by atoms with Crippen LogP contribution >= 0.6 is 0 Å². The minimum Gasteiger partial charge on any atom is -0.432 e. The van der Waals surface area contributed by atoms with Gasteiger partial charge < -0.3 is 64.5 Å². The molecule has 8 N–H and O–H groups in total. The number of aliphatic hydroxyl groups is 8. The summed E-state index contributed by atoms with van der Waals surface area (Å²) in [5.74, 6) is -0.402. The van der Waals surface area contributed by atoms with E-state index in [0.717, 1.165) is 38.5 Å². The molecule has 0 aromatic rings. The van der Waals surface area contributed by atoms with Gasteiger partial charge in [0.1, 0.15) is 48.8 Å². The van der Waals surface area contributed by atoms with E-state index >= 15 is 0 Å². The number of ether oxygens (including phenoxy) is 5. The molecule has 19 atom stereocenters. The zero-order valence-electron chi connectivity index (χ0n) is 32.8. The van der Waals surface area contributed by atoms with Crippen molar-refractivity contribution in [3.8, 4) is 0 Å². The molecule has 0 spiro atoms. The summed E-state index contributed by atoms with van der Waals surface area (Å²) in [5, 5.41) is 82.0. The molecular weight excluding hydrogens is 716 g/mol. The van der Waals surface area contributed by atoms with E-state index in [4.69, 9.17) is 23.7 Å². The molecule has 55 heavy (non-hydrogen) atoms. The molecule has 0 unspecified atom stereocenters. The maximum absolute atomic E-state index is 14.4. The van der Waals surface area contributed by atoms with Crippen LogP contribution in [0.25, 0.3) is 0 Å². The van der Waals surface area contributed by atoms with Crippen LogP contribution in [0, 0.1) is 40.4 Å². The highest BCUT2D eigenvalue weighted by atomic mass is 16.7. The van der Waals surface area contributed by atoms with Crippen molar-refractivity contribution in [1.29, 1.82) is 0 Å². The second-order valence-electron chi connectivity index (χ2n) is 18.5. The number of esters is 1. The van der Waals surface area contributed by atoms with Crippen LogP contribution in [0.5, 0.6) is 0 Å². The molecule has 7 rings (SSSR count). The van der Waals surface area contributed by atoms with E-state index in [-0.39, 0.29) is 52.3 Å². The monoisotopic (exact) mass is 780 g/mol. The lowest BCUT2D eigenvalue weighted by Gasteiger charge is -2.54. The molecule has 3 aliphatic heterocycles. The number of allylic oxidation sites excluding steroid dienone is 4. The molecule has 3 heterocycles. The first-order chi connectivity index (χ1) is 26.0. The molecule has 0 aromatic carbocycles. The Kier molecular flexibility index (Phi) is 11.8. The molecule has 3 saturated heterocycles. The molecule has 0 bridgehead atoms. The van der Waals surface area contributed by atoms with E-state index < -0.39 is 86.5 Å². The third-order valence-corrected chi connectivity index (χ3v) is 15.4. The first kappa shape index (κ1) is 41.6. The van der Waals surface area contributed by atoms with E-state index in [0.29, 0.717) is 19.3 Å². The van der Waals surface area contributed by atoms with Crippen molar-refractivity contribution in [2.24, 2.45) is 40.4 Å². The van der Waals surface area contributed by atoms with Gasteiger partial charge in [0.15, 0.2) is 6.29 Å². The van der Waals surface area contributed by atoms with Gasteiger partial charge in [-0.1, -0.05) is 39.8 Å². The maximum atomic E-state index is 14.4. The molecule has 7 aliphatic rings. The van der Waals surface area contributed by atoms with Gasteiger partial charge >= 0.3 is 5.97 Å². The van der Waals surface area contributed by atoms with Crippen LogP contribution in [0.4, 0.5) is 0 Å². The molecular formula is C41H64O14. The first-order valence-corrected chi connectivity index (χ1v) is 20.6. The zero-order valence-corrected chi connectivity index (χ0v) is 32.8. The van der Waals surface area contributed by atoms with Gasteiger partial charge in [-0.2, -0.15) is 0 Å².